The Balaban J connectivity index is 1.25. The van der Waals surface area contributed by atoms with Crippen LogP contribution in [0.5, 0.6) is 11.5 Å². The number of aromatic hydroxyl groups is 1. The number of nitrogens with one attached hydrogen (secondary N) is 1. The van der Waals surface area contributed by atoms with Gasteiger partial charge in [0.25, 0.3) is 5.91 Å². The van der Waals surface area contributed by atoms with E-state index in [0.717, 1.165) is 53.9 Å². The minimum absolute atomic E-state index is 0.0440. The van der Waals surface area contributed by atoms with E-state index in [9.17, 15) is 14.7 Å². The highest BCUT2D eigenvalue weighted by molar-refractivity contribution is 6.04. The fourth-order valence-electron chi connectivity index (χ4n) is 5.83. The van der Waals surface area contributed by atoms with Crippen molar-refractivity contribution in [1.29, 1.82) is 0 Å². The van der Waals surface area contributed by atoms with Crippen LogP contribution in [0.15, 0.2) is 96.2 Å². The zero-order valence-electron chi connectivity index (χ0n) is 26.5. The molecule has 9 heteroatoms. The molecule has 47 heavy (non-hydrogen) atoms. The molecule has 3 aromatic carbocycles. The second-order valence-corrected chi connectivity index (χ2v) is 11.8. The number of hydrogen-bond donors (Lipinski definition) is 3. The molecule has 5 aromatic rings. The van der Waals surface area contributed by atoms with E-state index < -0.39 is 5.91 Å². The highest BCUT2D eigenvalue weighted by Gasteiger charge is 2.20. The number of carbonyl (C=O) groups is 1. The molecule has 3 heterocycles. The average Bonchev–Trinajstić information content (AvgIpc) is 3.08. The smallest absolute Gasteiger partial charge is 0.261 e. The molecule has 0 spiro atoms. The first kappa shape index (κ1) is 31.6. The summed E-state index contributed by atoms with van der Waals surface area (Å²) in [6.07, 6.45) is 7.05. The maximum absolute atomic E-state index is 13.7. The largest absolute Gasteiger partial charge is 0.504 e. The lowest BCUT2D eigenvalue weighted by atomic mass is 9.99. The van der Waals surface area contributed by atoms with E-state index in [0.29, 0.717) is 47.5 Å². The maximum atomic E-state index is 13.7. The van der Waals surface area contributed by atoms with E-state index in [4.69, 9.17) is 15.2 Å². The minimum atomic E-state index is -0.476. The number of nitrogens with two attached hydrogens (primary N) is 1. The Bertz CT molecular complexity index is 1950. The van der Waals surface area contributed by atoms with E-state index in [1.807, 2.05) is 73.1 Å². The summed E-state index contributed by atoms with van der Waals surface area (Å²) in [6, 6.07) is 22.1. The van der Waals surface area contributed by atoms with Crippen LogP contribution >= 0.6 is 0 Å². The third-order valence-corrected chi connectivity index (χ3v) is 8.46. The molecule has 0 radical (unpaired) electrons. The Hall–Kier alpha value is -5.41. The predicted molar refractivity (Wildman–Crippen MR) is 185 cm³/mol. The van der Waals surface area contributed by atoms with Gasteiger partial charge >= 0.3 is 0 Å². The Labute approximate surface area is 273 Å². The van der Waals surface area contributed by atoms with Crippen LogP contribution in [0.2, 0.25) is 0 Å². The van der Waals surface area contributed by atoms with Gasteiger partial charge in [0.15, 0.2) is 11.5 Å². The molecule has 1 fully saturated rings. The van der Waals surface area contributed by atoms with Crippen LogP contribution in [-0.4, -0.2) is 40.4 Å². The molecule has 9 nitrogen and oxygen atoms in total. The minimum Gasteiger partial charge on any atom is -0.504 e. The van der Waals surface area contributed by atoms with Crippen molar-refractivity contribution in [2.45, 2.75) is 33.2 Å². The molecular weight excluding hydrogens is 592 g/mol. The van der Waals surface area contributed by atoms with E-state index in [1.54, 1.807) is 36.7 Å². The summed E-state index contributed by atoms with van der Waals surface area (Å²) in [5.41, 5.74) is 12.0. The molecule has 0 unspecified atom stereocenters. The van der Waals surface area contributed by atoms with Crippen LogP contribution in [0.25, 0.3) is 33.4 Å². The van der Waals surface area contributed by atoms with Gasteiger partial charge in [-0.3, -0.25) is 9.59 Å². The van der Waals surface area contributed by atoms with Crippen LogP contribution in [0.1, 0.15) is 35.7 Å². The predicted octanol–water partition coefficient (Wildman–Crippen LogP) is 6.92. The first-order valence-corrected chi connectivity index (χ1v) is 15.8. The number of pyridine rings is 2. The molecular formula is C38H38N4O5. The van der Waals surface area contributed by atoms with Crippen molar-refractivity contribution in [3.8, 4) is 44.9 Å². The van der Waals surface area contributed by atoms with Gasteiger partial charge in [-0.1, -0.05) is 48.0 Å². The number of phenols is 1. The van der Waals surface area contributed by atoms with Crippen molar-refractivity contribution < 1.29 is 19.4 Å². The van der Waals surface area contributed by atoms with Crippen molar-refractivity contribution in [3.05, 3.63) is 113 Å². The van der Waals surface area contributed by atoms with Gasteiger partial charge in [0.1, 0.15) is 11.4 Å². The molecule has 1 aliphatic heterocycles. The lowest BCUT2D eigenvalue weighted by Crippen LogP contribution is -2.26. The zero-order chi connectivity index (χ0) is 32.9. The summed E-state index contributed by atoms with van der Waals surface area (Å²) < 4.78 is 12.9. The van der Waals surface area contributed by atoms with Crippen molar-refractivity contribution >= 4 is 17.4 Å². The van der Waals surface area contributed by atoms with Crippen LogP contribution in [0.3, 0.4) is 0 Å². The number of aromatic nitrogens is 2. The number of nitrogen functional groups attached to an aromatic ring is 1. The second-order valence-electron chi connectivity index (χ2n) is 11.8. The monoisotopic (exact) mass is 630 g/mol. The molecule has 2 aromatic heterocycles. The number of anilines is 2. The fraction of sp³-hybridized carbons (Fsp3) is 0.237. The fourth-order valence-corrected chi connectivity index (χ4v) is 5.83. The first-order valence-electron chi connectivity index (χ1n) is 15.8. The van der Waals surface area contributed by atoms with Gasteiger partial charge in [0.2, 0.25) is 5.43 Å². The molecule has 4 N–H and O–H groups in total. The summed E-state index contributed by atoms with van der Waals surface area (Å²) in [5, 5.41) is 13.3. The quantitative estimate of drug-likeness (QED) is 0.161. The Kier molecular flexibility index (Phi) is 9.35. The average molecular weight is 631 g/mol. The SMILES string of the molecule is CCOc1ccc(-c2cnc(N)c(-c3ccc(NC(=O)c4cn(CC5CCOCC5)cc(-c5ccc(C)cc5)c4=O)cc3)c2)cc1O. The van der Waals surface area contributed by atoms with Crippen LogP contribution in [-0.2, 0) is 11.3 Å². The number of rotatable bonds is 9. The number of benzene rings is 3. The third-order valence-electron chi connectivity index (χ3n) is 8.46. The van der Waals surface area contributed by atoms with E-state index in [2.05, 4.69) is 10.3 Å². The molecule has 0 bridgehead atoms. The number of carbonyl (C=O) groups excluding carboxylic acids is 1. The van der Waals surface area contributed by atoms with Gasteiger partial charge in [0, 0.05) is 60.7 Å². The number of ether oxygens (including phenoxy) is 2. The van der Waals surface area contributed by atoms with Crippen LogP contribution in [0.4, 0.5) is 11.5 Å². The molecule has 1 aliphatic rings. The Morgan fingerprint density at radius 3 is 2.34 bits per heavy atom. The molecule has 0 saturated carbocycles. The van der Waals surface area contributed by atoms with Crippen molar-refractivity contribution in [2.75, 3.05) is 30.9 Å². The summed E-state index contributed by atoms with van der Waals surface area (Å²) in [6.45, 7) is 6.44. The van der Waals surface area contributed by atoms with E-state index in [1.165, 1.54) is 0 Å². The van der Waals surface area contributed by atoms with Crippen molar-refractivity contribution in [3.63, 3.8) is 0 Å². The van der Waals surface area contributed by atoms with Gasteiger partial charge in [-0.05, 0) is 79.6 Å². The zero-order valence-corrected chi connectivity index (χ0v) is 26.5. The topological polar surface area (TPSA) is 129 Å². The van der Waals surface area contributed by atoms with Gasteiger partial charge in [-0.15, -0.1) is 0 Å². The van der Waals surface area contributed by atoms with Gasteiger partial charge in [-0.25, -0.2) is 4.98 Å². The summed E-state index contributed by atoms with van der Waals surface area (Å²) in [4.78, 5) is 31.7. The van der Waals surface area contributed by atoms with Crippen LogP contribution in [0, 0.1) is 12.8 Å². The summed E-state index contributed by atoms with van der Waals surface area (Å²) >= 11 is 0. The number of aryl methyl sites for hydroxylation is 1. The molecule has 1 amide bonds. The number of hydrogen-bond acceptors (Lipinski definition) is 7. The lowest BCUT2D eigenvalue weighted by molar-refractivity contribution is 0.0612. The summed E-state index contributed by atoms with van der Waals surface area (Å²) in [7, 11) is 0. The summed E-state index contributed by atoms with van der Waals surface area (Å²) in [5.74, 6) is 0.732. The highest BCUT2D eigenvalue weighted by Crippen LogP contribution is 2.35. The van der Waals surface area contributed by atoms with Crippen LogP contribution < -0.4 is 21.2 Å². The van der Waals surface area contributed by atoms with E-state index >= 15 is 0 Å². The normalized spacial score (nSPS) is 13.3. The Morgan fingerprint density at radius 2 is 1.64 bits per heavy atom. The number of amides is 1. The van der Waals surface area contributed by atoms with Crippen molar-refractivity contribution in [1.82, 2.24) is 9.55 Å². The van der Waals surface area contributed by atoms with E-state index in [-0.39, 0.29) is 16.7 Å². The first-order chi connectivity index (χ1) is 22.8. The van der Waals surface area contributed by atoms with Gasteiger partial charge in [-0.2, -0.15) is 0 Å². The van der Waals surface area contributed by atoms with Crippen molar-refractivity contribution in [2.24, 2.45) is 5.92 Å². The standard InChI is InChI=1S/C38H38N4O5/c1-3-47-35-13-10-28(19-34(35)43)29-18-31(37(39)40-20-29)26-8-11-30(12-9-26)41-38(45)33-23-42(21-25-14-16-46-17-15-25)22-32(36(33)44)27-6-4-24(2)5-7-27/h4-13,18-20,22-23,25,43H,3,14-17,21H2,1-2H3,(H2,39,40)(H,41,45). The van der Waals surface area contributed by atoms with Gasteiger partial charge < -0.3 is 30.2 Å². The molecule has 0 aliphatic carbocycles. The molecule has 240 valence electrons. The Morgan fingerprint density at radius 1 is 0.957 bits per heavy atom. The maximum Gasteiger partial charge on any atom is 0.261 e. The number of nitrogens with zero attached hydrogens (tertiary/aromatic N) is 2. The highest BCUT2D eigenvalue weighted by atomic mass is 16.5. The molecule has 0 atom stereocenters. The number of phenolic OH excluding ortho intramolecular Hbond substituents is 1. The second kappa shape index (κ2) is 13.9. The molecule has 6 rings (SSSR count). The molecule has 1 saturated heterocycles. The lowest BCUT2D eigenvalue weighted by Gasteiger charge is -2.23. The van der Waals surface area contributed by atoms with Gasteiger partial charge in [0.05, 0.1) is 6.61 Å². The third kappa shape index (κ3) is 7.21.